The number of aliphatic imine (C=N–C) groups is 1. The third-order valence-electron chi connectivity index (χ3n) is 5.69. The molecule has 16 nitrogen and oxygen atoms in total. The Morgan fingerprint density at radius 1 is 0.929 bits per heavy atom. The van der Waals surface area contributed by atoms with Gasteiger partial charge < -0.3 is 14.2 Å². The van der Waals surface area contributed by atoms with Crippen molar-refractivity contribution in [3.8, 4) is 23.3 Å². The largest absolute Gasteiger partial charge is 0.494 e. The monoisotopic (exact) mass is 575 g/mol. The number of nitriles is 1. The molecular formula is C26H21N7O9. The molecule has 0 saturated carbocycles. The lowest BCUT2D eigenvalue weighted by atomic mass is 10.1. The van der Waals surface area contributed by atoms with Crippen LogP contribution in [0.2, 0.25) is 0 Å². The van der Waals surface area contributed by atoms with Crippen molar-refractivity contribution in [1.29, 1.82) is 5.26 Å². The van der Waals surface area contributed by atoms with Crippen LogP contribution in [-0.4, -0.2) is 38.4 Å². The highest BCUT2D eigenvalue weighted by Gasteiger charge is 2.40. The van der Waals surface area contributed by atoms with E-state index in [2.05, 4.69) is 4.99 Å². The molecule has 1 aliphatic heterocycles. The lowest BCUT2D eigenvalue weighted by Crippen LogP contribution is -2.49. The number of nitro benzene ring substituents is 2. The fourth-order valence-corrected chi connectivity index (χ4v) is 3.91. The van der Waals surface area contributed by atoms with E-state index in [1.807, 2.05) is 6.07 Å². The minimum atomic E-state index is -1.62. The van der Waals surface area contributed by atoms with Gasteiger partial charge in [0.05, 0.1) is 51.2 Å². The van der Waals surface area contributed by atoms with Crippen molar-refractivity contribution in [3.05, 3.63) is 120 Å². The molecule has 0 saturated heterocycles. The molecule has 0 radical (unpaired) electrons. The summed E-state index contributed by atoms with van der Waals surface area (Å²) in [5.41, 5.74) is -1.26. The molecular weight excluding hydrogens is 554 g/mol. The van der Waals surface area contributed by atoms with Gasteiger partial charge in [0.15, 0.2) is 0 Å². The van der Waals surface area contributed by atoms with Crippen LogP contribution in [0.25, 0.3) is 0 Å². The zero-order chi connectivity index (χ0) is 30.4. The van der Waals surface area contributed by atoms with Gasteiger partial charge in [-0.25, -0.2) is 15.8 Å². The summed E-state index contributed by atoms with van der Waals surface area (Å²) in [6.45, 7) is 1.99. The highest BCUT2D eigenvalue weighted by atomic mass is 16.6. The van der Waals surface area contributed by atoms with Crippen LogP contribution >= 0.6 is 0 Å². The first-order valence-corrected chi connectivity index (χ1v) is 12.1. The molecule has 1 aliphatic rings. The van der Waals surface area contributed by atoms with Gasteiger partial charge in [0.1, 0.15) is 23.0 Å². The van der Waals surface area contributed by atoms with E-state index in [1.165, 1.54) is 18.2 Å². The molecule has 3 aromatic carbocycles. The number of rotatable bonds is 11. The third-order valence-corrected chi connectivity index (χ3v) is 5.69. The first kappa shape index (κ1) is 28.9. The van der Waals surface area contributed by atoms with Gasteiger partial charge in [-0.3, -0.25) is 30.3 Å². The minimum absolute atomic E-state index is 0.0343. The second-order valence-corrected chi connectivity index (χ2v) is 8.54. The van der Waals surface area contributed by atoms with Gasteiger partial charge in [-0.2, -0.15) is 5.26 Å². The average Bonchev–Trinajstić information content (AvgIpc) is 2.95. The molecule has 1 atom stereocenters. The van der Waals surface area contributed by atoms with Crippen LogP contribution in [0.5, 0.6) is 17.2 Å². The number of non-ortho nitro benzene ring substituents is 2. The van der Waals surface area contributed by atoms with E-state index in [0.717, 1.165) is 18.2 Å². The van der Waals surface area contributed by atoms with Gasteiger partial charge in [0.2, 0.25) is 0 Å². The second-order valence-electron chi connectivity index (χ2n) is 8.54. The summed E-state index contributed by atoms with van der Waals surface area (Å²) in [6.07, 6.45) is -1.69. The molecule has 0 spiro atoms. The van der Waals surface area contributed by atoms with Crippen molar-refractivity contribution < 1.29 is 29.0 Å². The van der Waals surface area contributed by atoms with Crippen LogP contribution in [0.15, 0.2) is 83.3 Å². The first-order valence-electron chi connectivity index (χ1n) is 12.1. The van der Waals surface area contributed by atoms with Gasteiger partial charge in [0, 0.05) is 12.5 Å². The van der Waals surface area contributed by atoms with Crippen molar-refractivity contribution in [2.24, 2.45) is 10.8 Å². The lowest BCUT2D eigenvalue weighted by molar-refractivity contribution is -0.420. The van der Waals surface area contributed by atoms with Crippen molar-refractivity contribution in [3.63, 3.8) is 0 Å². The summed E-state index contributed by atoms with van der Waals surface area (Å²) in [5.74, 6) is 5.54. The first-order chi connectivity index (χ1) is 20.1. The van der Waals surface area contributed by atoms with Crippen molar-refractivity contribution in [1.82, 2.24) is 5.01 Å². The maximum atomic E-state index is 12.3. The molecule has 42 heavy (non-hydrogen) atoms. The van der Waals surface area contributed by atoms with Crippen molar-refractivity contribution in [2.75, 3.05) is 6.61 Å². The molecule has 0 fully saturated rings. The average molecular weight is 575 g/mol. The smallest absolute Gasteiger partial charge is 0.352 e. The fraction of sp³-hybridized carbons (Fsp3) is 0.154. The molecule has 1 unspecified atom stereocenters. The van der Waals surface area contributed by atoms with E-state index < -0.39 is 44.1 Å². The van der Waals surface area contributed by atoms with Crippen LogP contribution in [0, 0.1) is 41.7 Å². The summed E-state index contributed by atoms with van der Waals surface area (Å²) in [4.78, 5) is 36.9. The molecule has 0 bridgehead atoms. The molecule has 214 valence electrons. The number of nitrogens with zero attached hydrogens (tertiary/aromatic N) is 6. The number of hydrogen-bond acceptors (Lipinski definition) is 13. The molecule has 4 rings (SSSR count). The summed E-state index contributed by atoms with van der Waals surface area (Å²) >= 11 is 0. The Balaban J connectivity index is 1.83. The molecule has 0 aliphatic carbocycles. The van der Waals surface area contributed by atoms with Gasteiger partial charge in [-0.05, 0) is 24.6 Å². The highest BCUT2D eigenvalue weighted by Crippen LogP contribution is 2.32. The number of nitro groups is 3. The summed E-state index contributed by atoms with van der Waals surface area (Å²) in [7, 11) is 0. The molecule has 2 N–H and O–H groups in total. The Morgan fingerprint density at radius 2 is 1.57 bits per heavy atom. The standard InChI is InChI=1S/C26H21N7O9/c1-2-40-20-8-17(15-27)9-21(14-20)41-25-24(33(38)39)23(10-16-6-4-3-5-7-16)29-26(30(25)28)42-22-12-18(31(34)35)11-19(13-22)32(36)37/h3-9,11-14,26H,2,10,28H2,1H3. The summed E-state index contributed by atoms with van der Waals surface area (Å²) < 4.78 is 17.0. The Kier molecular flexibility index (Phi) is 8.54. The predicted molar refractivity (Wildman–Crippen MR) is 145 cm³/mol. The van der Waals surface area contributed by atoms with E-state index in [9.17, 15) is 35.6 Å². The molecule has 16 heteroatoms. The minimum Gasteiger partial charge on any atom is -0.494 e. The third kappa shape index (κ3) is 6.55. The number of nitrogens with two attached hydrogens (primary N) is 1. The summed E-state index contributed by atoms with van der Waals surface area (Å²) in [5, 5.41) is 45.2. The summed E-state index contributed by atoms with van der Waals surface area (Å²) in [6, 6.07) is 17.3. The van der Waals surface area contributed by atoms with E-state index in [4.69, 9.17) is 20.1 Å². The van der Waals surface area contributed by atoms with Crippen LogP contribution < -0.4 is 20.1 Å². The zero-order valence-electron chi connectivity index (χ0n) is 21.8. The maximum Gasteiger partial charge on any atom is 0.352 e. The van der Waals surface area contributed by atoms with Gasteiger partial charge in [-0.15, -0.1) is 0 Å². The predicted octanol–water partition coefficient (Wildman–Crippen LogP) is 3.83. The van der Waals surface area contributed by atoms with Crippen molar-refractivity contribution >= 4 is 17.1 Å². The van der Waals surface area contributed by atoms with Gasteiger partial charge in [0.25, 0.3) is 23.6 Å². The quantitative estimate of drug-likeness (QED) is 0.196. The van der Waals surface area contributed by atoms with Gasteiger partial charge in [-0.1, -0.05) is 30.3 Å². The topological polar surface area (TPSA) is 223 Å². The Hall–Kier alpha value is -6.08. The number of allylic oxidation sites excluding steroid dienone is 1. The van der Waals surface area contributed by atoms with E-state index in [1.54, 1.807) is 37.3 Å². The van der Waals surface area contributed by atoms with Crippen LogP contribution in [0.1, 0.15) is 18.1 Å². The fourth-order valence-electron chi connectivity index (χ4n) is 3.91. The van der Waals surface area contributed by atoms with E-state index in [-0.39, 0.29) is 41.6 Å². The van der Waals surface area contributed by atoms with Crippen LogP contribution in [0.4, 0.5) is 11.4 Å². The SMILES string of the molecule is CCOc1cc(C#N)cc(OC2=C([N+](=O)[O-])C(Cc3ccccc3)=NC(Oc3cc([N+](=O)[O-])cc([N+](=O)[O-])c3)N2N)c1. The normalized spacial score (nSPS) is 14.5. The Morgan fingerprint density at radius 3 is 2.14 bits per heavy atom. The zero-order valence-corrected chi connectivity index (χ0v) is 21.8. The second kappa shape index (κ2) is 12.4. The molecule has 1 heterocycles. The Bertz CT molecular complexity index is 1620. The van der Waals surface area contributed by atoms with Crippen LogP contribution in [-0.2, 0) is 6.42 Å². The molecule has 3 aromatic rings. The number of benzene rings is 3. The number of hydrazine groups is 1. The Labute approximate surface area is 236 Å². The number of ether oxygens (including phenoxy) is 3. The lowest BCUT2D eigenvalue weighted by Gasteiger charge is -2.31. The highest BCUT2D eigenvalue weighted by molar-refractivity contribution is 6.00. The molecule has 0 aromatic heterocycles. The van der Waals surface area contributed by atoms with Crippen LogP contribution in [0.3, 0.4) is 0 Å². The van der Waals surface area contributed by atoms with E-state index >= 15 is 0 Å². The van der Waals surface area contributed by atoms with Crippen molar-refractivity contribution in [2.45, 2.75) is 19.7 Å². The molecule has 0 amide bonds. The van der Waals surface area contributed by atoms with Gasteiger partial charge >= 0.3 is 5.70 Å². The number of hydrogen-bond donors (Lipinski definition) is 1. The van der Waals surface area contributed by atoms with E-state index in [0.29, 0.717) is 10.6 Å². The maximum absolute atomic E-state index is 12.3.